The Bertz CT molecular complexity index is 644. The van der Waals surface area contributed by atoms with Gasteiger partial charge in [0.05, 0.1) is 28.0 Å². The number of fused-ring (bicyclic) bond motifs is 1. The van der Waals surface area contributed by atoms with Gasteiger partial charge >= 0.3 is 0 Å². The summed E-state index contributed by atoms with van der Waals surface area (Å²) in [6.45, 7) is 0. The molecule has 1 saturated carbocycles. The molecule has 0 N–H and O–H groups in total. The molecule has 0 saturated heterocycles. The summed E-state index contributed by atoms with van der Waals surface area (Å²) in [6.07, 6.45) is 3.19. The third-order valence-corrected chi connectivity index (χ3v) is 4.51. The highest BCUT2D eigenvalue weighted by atomic mass is 35.5. The molecule has 3 nitrogen and oxygen atoms in total. The van der Waals surface area contributed by atoms with Crippen molar-refractivity contribution in [3.05, 3.63) is 28.8 Å². The van der Waals surface area contributed by atoms with Gasteiger partial charge in [-0.3, -0.25) is 0 Å². The Balaban J connectivity index is 2.11. The van der Waals surface area contributed by atoms with Gasteiger partial charge in [-0.05, 0) is 25.3 Å². The predicted molar refractivity (Wildman–Crippen MR) is 77.9 cm³/mol. The van der Waals surface area contributed by atoms with E-state index in [1.165, 1.54) is 6.07 Å². The van der Waals surface area contributed by atoms with E-state index < -0.39 is 5.82 Å². The SMILES string of the molecule is COC1CCC(n2c(CCl)nc3cc(F)c(Cl)cc32)C1. The van der Waals surface area contributed by atoms with Crippen LogP contribution in [0.1, 0.15) is 31.1 Å². The van der Waals surface area contributed by atoms with Crippen molar-refractivity contribution in [3.63, 3.8) is 0 Å². The van der Waals surface area contributed by atoms with Crippen molar-refractivity contribution in [2.75, 3.05) is 7.11 Å². The van der Waals surface area contributed by atoms with Gasteiger partial charge in [-0.25, -0.2) is 9.37 Å². The van der Waals surface area contributed by atoms with E-state index in [-0.39, 0.29) is 17.2 Å². The van der Waals surface area contributed by atoms with E-state index in [4.69, 9.17) is 27.9 Å². The maximum absolute atomic E-state index is 13.6. The first kappa shape index (κ1) is 14.1. The van der Waals surface area contributed by atoms with E-state index >= 15 is 0 Å². The minimum Gasteiger partial charge on any atom is -0.381 e. The average Bonchev–Trinajstić information content (AvgIpc) is 3.03. The molecule has 1 aliphatic rings. The molecule has 1 aliphatic carbocycles. The maximum atomic E-state index is 13.6. The predicted octanol–water partition coefficient (Wildman–Crippen LogP) is 4.31. The first-order valence-corrected chi connectivity index (χ1v) is 7.50. The summed E-state index contributed by atoms with van der Waals surface area (Å²) in [5.41, 5.74) is 1.44. The van der Waals surface area contributed by atoms with Gasteiger partial charge in [-0.15, -0.1) is 11.6 Å². The molecule has 20 heavy (non-hydrogen) atoms. The summed E-state index contributed by atoms with van der Waals surface area (Å²) in [5.74, 6) is 0.596. The van der Waals surface area contributed by atoms with Crippen LogP contribution in [0.5, 0.6) is 0 Å². The van der Waals surface area contributed by atoms with E-state index in [1.54, 1.807) is 13.2 Å². The number of nitrogens with zero attached hydrogens (tertiary/aromatic N) is 2. The Kier molecular flexibility index (Phi) is 3.89. The summed E-state index contributed by atoms with van der Waals surface area (Å²) in [4.78, 5) is 4.42. The minimum atomic E-state index is -0.453. The molecule has 0 radical (unpaired) electrons. The van der Waals surface area contributed by atoms with Crippen LogP contribution >= 0.6 is 23.2 Å². The average molecular weight is 317 g/mol. The highest BCUT2D eigenvalue weighted by Crippen LogP contribution is 2.36. The zero-order valence-corrected chi connectivity index (χ0v) is 12.6. The summed E-state index contributed by atoms with van der Waals surface area (Å²) in [7, 11) is 1.73. The fraction of sp³-hybridized carbons (Fsp3) is 0.500. The van der Waals surface area contributed by atoms with E-state index in [9.17, 15) is 4.39 Å². The number of imidazole rings is 1. The van der Waals surface area contributed by atoms with Gasteiger partial charge in [0.2, 0.25) is 0 Å². The lowest BCUT2D eigenvalue weighted by Crippen LogP contribution is -2.11. The number of alkyl halides is 1. The second-order valence-corrected chi connectivity index (χ2v) is 5.79. The minimum absolute atomic E-state index is 0.112. The lowest BCUT2D eigenvalue weighted by atomic mass is 10.2. The number of benzene rings is 1. The molecule has 0 bridgehead atoms. The number of methoxy groups -OCH3 is 1. The molecule has 3 rings (SSSR count). The van der Waals surface area contributed by atoms with Crippen LogP contribution in [0.2, 0.25) is 5.02 Å². The zero-order valence-electron chi connectivity index (χ0n) is 11.1. The molecule has 6 heteroatoms. The zero-order chi connectivity index (χ0) is 14.3. The lowest BCUT2D eigenvalue weighted by molar-refractivity contribution is 0.106. The number of hydrogen-bond donors (Lipinski definition) is 0. The molecule has 108 valence electrons. The summed E-state index contributed by atoms with van der Waals surface area (Å²) < 4.78 is 21.1. The van der Waals surface area contributed by atoms with E-state index in [0.29, 0.717) is 11.4 Å². The van der Waals surface area contributed by atoms with Crippen LogP contribution in [-0.2, 0) is 10.6 Å². The Morgan fingerprint density at radius 3 is 2.90 bits per heavy atom. The van der Waals surface area contributed by atoms with E-state index in [2.05, 4.69) is 9.55 Å². The van der Waals surface area contributed by atoms with Crippen LogP contribution < -0.4 is 0 Å². The standard InChI is InChI=1S/C14H15Cl2FN2O/c1-20-9-3-2-8(4-9)19-13-5-10(16)11(17)6-12(13)18-14(19)7-15/h5-6,8-9H,2-4,7H2,1H3. The quantitative estimate of drug-likeness (QED) is 0.789. The van der Waals surface area contributed by atoms with Crippen molar-refractivity contribution < 1.29 is 9.13 Å². The molecule has 1 aromatic heterocycles. The number of halogens is 3. The van der Waals surface area contributed by atoms with Gasteiger partial charge in [-0.2, -0.15) is 0 Å². The molecule has 1 fully saturated rings. The normalized spacial score (nSPS) is 22.8. The van der Waals surface area contributed by atoms with Crippen molar-refractivity contribution in [2.24, 2.45) is 0 Å². The summed E-state index contributed by atoms with van der Waals surface area (Å²) in [6, 6.07) is 3.28. The summed E-state index contributed by atoms with van der Waals surface area (Å²) in [5, 5.41) is 0.112. The molecule has 0 amide bonds. The van der Waals surface area contributed by atoms with Gasteiger partial charge in [0, 0.05) is 19.2 Å². The molecule has 2 aromatic rings. The third kappa shape index (κ3) is 2.30. The van der Waals surface area contributed by atoms with Gasteiger partial charge in [0.15, 0.2) is 0 Å². The lowest BCUT2D eigenvalue weighted by Gasteiger charge is -2.16. The Hall–Kier alpha value is -0.840. The van der Waals surface area contributed by atoms with Gasteiger partial charge < -0.3 is 9.30 Å². The monoisotopic (exact) mass is 316 g/mol. The second kappa shape index (κ2) is 5.51. The molecular formula is C14H15Cl2FN2O. The van der Waals surface area contributed by atoms with Gasteiger partial charge in [-0.1, -0.05) is 11.6 Å². The number of ether oxygens (including phenoxy) is 1. The first-order chi connectivity index (χ1) is 9.63. The highest BCUT2D eigenvalue weighted by Gasteiger charge is 2.29. The van der Waals surface area contributed by atoms with E-state index in [0.717, 1.165) is 30.6 Å². The molecule has 2 atom stereocenters. The van der Waals surface area contributed by atoms with Crippen molar-refractivity contribution in [2.45, 2.75) is 37.3 Å². The molecule has 1 heterocycles. The molecule has 0 spiro atoms. The molecule has 2 unspecified atom stereocenters. The summed E-state index contributed by atoms with van der Waals surface area (Å²) >= 11 is 11.9. The van der Waals surface area contributed by atoms with Crippen LogP contribution in [-0.4, -0.2) is 22.8 Å². The van der Waals surface area contributed by atoms with Crippen molar-refractivity contribution in [3.8, 4) is 0 Å². The fourth-order valence-electron chi connectivity index (χ4n) is 3.01. The van der Waals surface area contributed by atoms with Gasteiger partial charge in [0.1, 0.15) is 11.6 Å². The molecular weight excluding hydrogens is 302 g/mol. The molecule has 1 aromatic carbocycles. The van der Waals surface area contributed by atoms with Crippen LogP contribution in [0.15, 0.2) is 12.1 Å². The molecule has 0 aliphatic heterocycles. The number of aromatic nitrogens is 2. The van der Waals surface area contributed by atoms with Gasteiger partial charge in [0.25, 0.3) is 0 Å². The smallest absolute Gasteiger partial charge is 0.144 e. The fourth-order valence-corrected chi connectivity index (χ4v) is 3.35. The van der Waals surface area contributed by atoms with Crippen LogP contribution in [0.4, 0.5) is 4.39 Å². The Morgan fingerprint density at radius 1 is 1.45 bits per heavy atom. The largest absolute Gasteiger partial charge is 0.381 e. The van der Waals surface area contributed by atoms with Crippen molar-refractivity contribution >= 4 is 34.2 Å². The van der Waals surface area contributed by atoms with Crippen LogP contribution in [0.3, 0.4) is 0 Å². The first-order valence-electron chi connectivity index (χ1n) is 6.58. The van der Waals surface area contributed by atoms with Crippen molar-refractivity contribution in [1.29, 1.82) is 0 Å². The van der Waals surface area contributed by atoms with Crippen LogP contribution in [0, 0.1) is 5.82 Å². The topological polar surface area (TPSA) is 27.1 Å². The third-order valence-electron chi connectivity index (χ3n) is 3.98. The Labute approximate surface area is 126 Å². The Morgan fingerprint density at radius 2 is 2.25 bits per heavy atom. The maximum Gasteiger partial charge on any atom is 0.144 e. The number of rotatable bonds is 3. The number of hydrogen-bond acceptors (Lipinski definition) is 2. The van der Waals surface area contributed by atoms with Crippen molar-refractivity contribution in [1.82, 2.24) is 9.55 Å². The van der Waals surface area contributed by atoms with Crippen LogP contribution in [0.25, 0.3) is 11.0 Å². The highest BCUT2D eigenvalue weighted by molar-refractivity contribution is 6.31. The van der Waals surface area contributed by atoms with E-state index in [1.807, 2.05) is 0 Å². The second-order valence-electron chi connectivity index (χ2n) is 5.11.